The largest absolute Gasteiger partial charge is 0.383 e. The molecule has 7 heteroatoms. The van der Waals surface area contributed by atoms with Crippen LogP contribution >= 0.6 is 24.0 Å². The second kappa shape index (κ2) is 8.21. The van der Waals surface area contributed by atoms with Crippen molar-refractivity contribution >= 4 is 35.6 Å². The van der Waals surface area contributed by atoms with Gasteiger partial charge in [-0.3, -0.25) is 0 Å². The molecule has 23 heavy (non-hydrogen) atoms. The number of nitrogens with zero attached hydrogens (tertiary/aromatic N) is 1. The van der Waals surface area contributed by atoms with Gasteiger partial charge in [-0.15, -0.1) is 24.0 Å². The van der Waals surface area contributed by atoms with Crippen LogP contribution in [-0.2, 0) is 5.60 Å². The molecule has 1 unspecified atom stereocenters. The van der Waals surface area contributed by atoms with Crippen LogP contribution < -0.4 is 11.1 Å². The number of hydrogen-bond donors (Lipinski definition) is 3. The summed E-state index contributed by atoms with van der Waals surface area (Å²) >= 11 is 0. The first-order valence-corrected chi connectivity index (χ1v) is 6.68. The third kappa shape index (κ3) is 5.43. The van der Waals surface area contributed by atoms with Gasteiger partial charge in [-0.05, 0) is 25.1 Å². The van der Waals surface area contributed by atoms with Gasteiger partial charge in [0.25, 0.3) is 0 Å². The highest BCUT2D eigenvalue weighted by molar-refractivity contribution is 14.0. The fraction of sp³-hybridized carbons (Fsp3) is 0.188. The molecule has 2 rings (SSSR count). The van der Waals surface area contributed by atoms with Crippen molar-refractivity contribution in [2.75, 3.05) is 11.9 Å². The number of nitrogens with one attached hydrogen (secondary N) is 1. The van der Waals surface area contributed by atoms with Crippen LogP contribution in [0, 0.1) is 11.6 Å². The number of aliphatic hydroxyl groups is 1. The first-order chi connectivity index (χ1) is 10.4. The molecule has 1 atom stereocenters. The van der Waals surface area contributed by atoms with E-state index in [1.165, 1.54) is 13.0 Å². The maximum Gasteiger partial charge on any atom is 0.193 e. The Labute approximate surface area is 150 Å². The zero-order valence-electron chi connectivity index (χ0n) is 12.5. The molecule has 0 fully saturated rings. The standard InChI is InChI=1S/C16H17F2N3O.HI/c1-16(22,13-8-7-11(17)9-14(13)18)10-20-15(19)21-12-5-3-2-4-6-12;/h2-9,22H,10H2,1H3,(H3,19,20,21);1H. The van der Waals surface area contributed by atoms with E-state index in [0.29, 0.717) is 0 Å². The Hall–Kier alpha value is -1.74. The quantitative estimate of drug-likeness (QED) is 0.394. The van der Waals surface area contributed by atoms with Crippen molar-refractivity contribution in [3.8, 4) is 0 Å². The molecule has 0 amide bonds. The molecule has 0 aliphatic heterocycles. The van der Waals surface area contributed by atoms with Crippen LogP contribution in [0.4, 0.5) is 14.5 Å². The summed E-state index contributed by atoms with van der Waals surface area (Å²) in [5.41, 5.74) is 4.84. The lowest BCUT2D eigenvalue weighted by Gasteiger charge is -2.22. The van der Waals surface area contributed by atoms with Crippen molar-refractivity contribution in [3.63, 3.8) is 0 Å². The van der Waals surface area contributed by atoms with Gasteiger partial charge in [0.15, 0.2) is 5.96 Å². The minimum absolute atomic E-state index is 0. The van der Waals surface area contributed by atoms with Crippen LogP contribution in [0.25, 0.3) is 0 Å². The van der Waals surface area contributed by atoms with E-state index >= 15 is 0 Å². The van der Waals surface area contributed by atoms with Gasteiger partial charge in [0.1, 0.15) is 17.2 Å². The third-order valence-electron chi connectivity index (χ3n) is 3.11. The summed E-state index contributed by atoms with van der Waals surface area (Å²) < 4.78 is 26.6. The minimum Gasteiger partial charge on any atom is -0.383 e. The molecule has 0 saturated carbocycles. The van der Waals surface area contributed by atoms with Crippen molar-refractivity contribution in [1.82, 2.24) is 0 Å². The number of hydrogen-bond acceptors (Lipinski definition) is 2. The van der Waals surface area contributed by atoms with Gasteiger partial charge in [-0.1, -0.05) is 24.3 Å². The van der Waals surface area contributed by atoms with E-state index in [1.807, 2.05) is 18.2 Å². The second-order valence-corrected chi connectivity index (χ2v) is 5.09. The average Bonchev–Trinajstić information content (AvgIpc) is 2.46. The molecule has 0 radical (unpaired) electrons. The van der Waals surface area contributed by atoms with Crippen LogP contribution in [0.1, 0.15) is 12.5 Å². The van der Waals surface area contributed by atoms with Gasteiger partial charge < -0.3 is 16.2 Å². The molecule has 4 N–H and O–H groups in total. The topological polar surface area (TPSA) is 70.6 Å². The predicted molar refractivity (Wildman–Crippen MR) is 97.9 cm³/mol. The molecule has 0 aliphatic rings. The predicted octanol–water partition coefficient (Wildman–Crippen LogP) is 3.22. The Balaban J connectivity index is 0.00000264. The van der Waals surface area contributed by atoms with Crippen molar-refractivity contribution in [2.24, 2.45) is 10.7 Å². The van der Waals surface area contributed by atoms with E-state index < -0.39 is 17.2 Å². The lowest BCUT2D eigenvalue weighted by Crippen LogP contribution is -2.30. The fourth-order valence-corrected chi connectivity index (χ4v) is 1.96. The molecule has 0 aromatic heterocycles. The van der Waals surface area contributed by atoms with Gasteiger partial charge >= 0.3 is 0 Å². The van der Waals surface area contributed by atoms with E-state index in [9.17, 15) is 13.9 Å². The van der Waals surface area contributed by atoms with Crippen molar-refractivity contribution in [3.05, 3.63) is 65.7 Å². The van der Waals surface area contributed by atoms with Crippen LogP contribution in [0.5, 0.6) is 0 Å². The number of rotatable bonds is 4. The van der Waals surface area contributed by atoms with E-state index in [4.69, 9.17) is 5.73 Å². The van der Waals surface area contributed by atoms with E-state index in [-0.39, 0.29) is 42.0 Å². The van der Waals surface area contributed by atoms with Gasteiger partial charge in [-0.25, -0.2) is 13.8 Å². The number of guanidine groups is 1. The van der Waals surface area contributed by atoms with Crippen LogP contribution in [0.15, 0.2) is 53.5 Å². The highest BCUT2D eigenvalue weighted by Gasteiger charge is 2.26. The number of benzene rings is 2. The molecule has 0 bridgehead atoms. The van der Waals surface area contributed by atoms with Crippen LogP contribution in [0.2, 0.25) is 0 Å². The number of para-hydroxylation sites is 1. The molecule has 0 heterocycles. The summed E-state index contributed by atoms with van der Waals surface area (Å²) in [5.74, 6) is -1.44. The van der Waals surface area contributed by atoms with Crippen molar-refractivity contribution in [2.45, 2.75) is 12.5 Å². The Kier molecular flexibility index (Phi) is 6.89. The van der Waals surface area contributed by atoms with Crippen LogP contribution in [-0.4, -0.2) is 17.6 Å². The van der Waals surface area contributed by atoms with E-state index in [0.717, 1.165) is 17.8 Å². The zero-order valence-corrected chi connectivity index (χ0v) is 14.8. The van der Waals surface area contributed by atoms with Gasteiger partial charge in [0.2, 0.25) is 0 Å². The SMILES string of the molecule is CC(O)(CN=C(N)Nc1ccccc1)c1ccc(F)cc1F.I. The molecule has 0 aliphatic carbocycles. The Bertz CT molecular complexity index is 678. The van der Waals surface area contributed by atoms with Gasteiger partial charge in [0.05, 0.1) is 6.54 Å². The Morgan fingerprint density at radius 1 is 1.22 bits per heavy atom. The lowest BCUT2D eigenvalue weighted by molar-refractivity contribution is 0.0634. The molecule has 2 aromatic rings. The normalized spacial score (nSPS) is 13.8. The summed E-state index contributed by atoms with van der Waals surface area (Å²) in [7, 11) is 0. The fourth-order valence-electron chi connectivity index (χ4n) is 1.96. The van der Waals surface area contributed by atoms with Gasteiger partial charge in [-0.2, -0.15) is 0 Å². The lowest BCUT2D eigenvalue weighted by atomic mass is 9.95. The molecule has 0 spiro atoms. The molecule has 4 nitrogen and oxygen atoms in total. The summed E-state index contributed by atoms with van der Waals surface area (Å²) in [4.78, 5) is 4.00. The molecular formula is C16H18F2IN3O. The summed E-state index contributed by atoms with van der Waals surface area (Å²) in [5, 5.41) is 13.2. The third-order valence-corrected chi connectivity index (χ3v) is 3.11. The van der Waals surface area contributed by atoms with Crippen LogP contribution in [0.3, 0.4) is 0 Å². The maximum atomic E-state index is 13.7. The minimum atomic E-state index is -1.60. The summed E-state index contributed by atoms with van der Waals surface area (Å²) in [6.07, 6.45) is 0. The second-order valence-electron chi connectivity index (χ2n) is 5.09. The number of anilines is 1. The zero-order chi connectivity index (χ0) is 16.2. The van der Waals surface area contributed by atoms with E-state index in [2.05, 4.69) is 10.3 Å². The molecular weight excluding hydrogens is 415 g/mol. The smallest absolute Gasteiger partial charge is 0.193 e. The highest BCUT2D eigenvalue weighted by Crippen LogP contribution is 2.24. The first kappa shape index (κ1) is 19.3. The Morgan fingerprint density at radius 2 is 1.87 bits per heavy atom. The first-order valence-electron chi connectivity index (χ1n) is 6.68. The highest BCUT2D eigenvalue weighted by atomic mass is 127. The van der Waals surface area contributed by atoms with Gasteiger partial charge in [0, 0.05) is 17.3 Å². The number of halogens is 3. The molecule has 0 saturated heterocycles. The molecule has 124 valence electrons. The molecule has 2 aromatic carbocycles. The Morgan fingerprint density at radius 3 is 2.48 bits per heavy atom. The summed E-state index contributed by atoms with van der Waals surface area (Å²) in [6.45, 7) is 1.23. The monoisotopic (exact) mass is 433 g/mol. The van der Waals surface area contributed by atoms with E-state index in [1.54, 1.807) is 12.1 Å². The summed E-state index contributed by atoms with van der Waals surface area (Å²) in [6, 6.07) is 12.1. The van der Waals surface area contributed by atoms with Crippen molar-refractivity contribution < 1.29 is 13.9 Å². The average molecular weight is 433 g/mol. The maximum absolute atomic E-state index is 13.7. The number of nitrogens with two attached hydrogens (primary N) is 1. The number of aliphatic imine (C=N–C) groups is 1. The van der Waals surface area contributed by atoms with Crippen molar-refractivity contribution in [1.29, 1.82) is 0 Å².